The molecule has 2 aromatic rings. The zero-order valence-electron chi connectivity index (χ0n) is 11.6. The number of rotatable bonds is 2. The molecule has 3 rings (SSSR count). The van der Waals surface area contributed by atoms with Gasteiger partial charge >= 0.3 is 0 Å². The predicted molar refractivity (Wildman–Crippen MR) is 81.8 cm³/mol. The lowest BCUT2D eigenvalue weighted by atomic mass is 9.98. The van der Waals surface area contributed by atoms with Crippen molar-refractivity contribution >= 4 is 17.2 Å². The number of fused-ring (bicyclic) bond motifs is 1. The van der Waals surface area contributed by atoms with Crippen molar-refractivity contribution in [3.05, 3.63) is 53.3 Å². The Morgan fingerprint density at radius 1 is 1.30 bits per heavy atom. The molecule has 0 saturated heterocycles. The number of aromatic nitrogens is 1. The second-order valence-corrected chi connectivity index (χ2v) is 5.19. The average Bonchev–Trinajstić information content (AvgIpc) is 2.46. The van der Waals surface area contributed by atoms with Crippen LogP contribution in [0.4, 0.5) is 11.4 Å². The number of anilines is 2. The molecular weight excluding hydrogens is 248 g/mol. The van der Waals surface area contributed by atoms with Gasteiger partial charge in [-0.2, -0.15) is 0 Å². The van der Waals surface area contributed by atoms with Crippen LogP contribution in [0.2, 0.25) is 0 Å². The molecular formula is C16H18N4. The van der Waals surface area contributed by atoms with E-state index in [-0.39, 0.29) is 5.84 Å². The average molecular weight is 266 g/mol. The van der Waals surface area contributed by atoms with Gasteiger partial charge < -0.3 is 10.6 Å². The lowest BCUT2D eigenvalue weighted by Crippen LogP contribution is -2.27. The number of aryl methyl sites for hydroxylation is 2. The van der Waals surface area contributed by atoms with Crippen molar-refractivity contribution < 1.29 is 0 Å². The van der Waals surface area contributed by atoms with Gasteiger partial charge in [0.25, 0.3) is 0 Å². The summed E-state index contributed by atoms with van der Waals surface area (Å²) in [6.07, 6.45) is 5.68. The maximum Gasteiger partial charge on any atom is 0.125 e. The summed E-state index contributed by atoms with van der Waals surface area (Å²) in [5.41, 5.74) is 11.2. The van der Waals surface area contributed by atoms with Crippen LogP contribution in [0.25, 0.3) is 0 Å². The summed E-state index contributed by atoms with van der Waals surface area (Å²) in [7, 11) is 0. The molecule has 0 radical (unpaired) electrons. The normalized spacial score (nSPS) is 13.9. The maximum absolute atomic E-state index is 7.74. The Hall–Kier alpha value is -2.36. The Bertz CT molecular complexity index is 663. The first-order chi connectivity index (χ1) is 9.66. The number of hydrogen-bond donors (Lipinski definition) is 2. The van der Waals surface area contributed by atoms with Crippen molar-refractivity contribution in [2.45, 2.75) is 19.8 Å². The van der Waals surface area contributed by atoms with E-state index in [2.05, 4.69) is 35.0 Å². The van der Waals surface area contributed by atoms with Crippen LogP contribution in [-0.2, 0) is 6.42 Å². The Labute approximate surface area is 118 Å². The summed E-state index contributed by atoms with van der Waals surface area (Å²) >= 11 is 0. The van der Waals surface area contributed by atoms with Crippen LogP contribution in [0.5, 0.6) is 0 Å². The van der Waals surface area contributed by atoms with E-state index in [0.717, 1.165) is 30.6 Å². The van der Waals surface area contributed by atoms with Gasteiger partial charge in [-0.3, -0.25) is 10.4 Å². The van der Waals surface area contributed by atoms with Crippen LogP contribution in [-0.4, -0.2) is 17.4 Å². The summed E-state index contributed by atoms with van der Waals surface area (Å²) in [5, 5.41) is 7.74. The topological polar surface area (TPSA) is 66.0 Å². The van der Waals surface area contributed by atoms with Crippen molar-refractivity contribution in [2.24, 2.45) is 5.73 Å². The van der Waals surface area contributed by atoms with Crippen molar-refractivity contribution in [2.75, 3.05) is 11.4 Å². The minimum Gasteiger partial charge on any atom is -0.384 e. The molecule has 1 aromatic carbocycles. The van der Waals surface area contributed by atoms with E-state index in [0.29, 0.717) is 0 Å². The monoisotopic (exact) mass is 266 g/mol. The minimum absolute atomic E-state index is 0.0848. The van der Waals surface area contributed by atoms with E-state index < -0.39 is 0 Å². The fraction of sp³-hybridized carbons (Fsp3) is 0.250. The molecule has 4 heteroatoms. The van der Waals surface area contributed by atoms with Crippen LogP contribution in [0, 0.1) is 12.3 Å². The van der Waals surface area contributed by atoms with Gasteiger partial charge in [0.1, 0.15) is 5.84 Å². The quantitative estimate of drug-likeness (QED) is 0.649. The summed E-state index contributed by atoms with van der Waals surface area (Å²) in [6.45, 7) is 3.05. The van der Waals surface area contributed by atoms with E-state index in [1.807, 2.05) is 0 Å². The van der Waals surface area contributed by atoms with Gasteiger partial charge in [-0.25, -0.2) is 0 Å². The number of nitrogen functional groups attached to an aromatic ring is 1. The summed E-state index contributed by atoms with van der Waals surface area (Å²) < 4.78 is 0. The highest BCUT2D eigenvalue weighted by molar-refractivity contribution is 6.01. The van der Waals surface area contributed by atoms with Gasteiger partial charge in [0.2, 0.25) is 0 Å². The van der Waals surface area contributed by atoms with Crippen LogP contribution in [0.15, 0.2) is 36.7 Å². The molecule has 0 bridgehead atoms. The fourth-order valence-corrected chi connectivity index (χ4v) is 2.81. The largest absolute Gasteiger partial charge is 0.384 e. The smallest absolute Gasteiger partial charge is 0.125 e. The third-order valence-corrected chi connectivity index (χ3v) is 3.73. The number of benzene rings is 1. The molecule has 0 atom stereocenters. The number of nitrogens with two attached hydrogens (primary N) is 1. The number of pyridine rings is 1. The lowest BCUT2D eigenvalue weighted by Gasteiger charge is -2.32. The number of amidine groups is 1. The van der Waals surface area contributed by atoms with Crippen molar-refractivity contribution in [1.82, 2.24) is 4.98 Å². The molecule has 0 amide bonds. The summed E-state index contributed by atoms with van der Waals surface area (Å²) in [4.78, 5) is 6.42. The van der Waals surface area contributed by atoms with E-state index >= 15 is 0 Å². The molecule has 2 heterocycles. The van der Waals surface area contributed by atoms with E-state index in [4.69, 9.17) is 11.1 Å². The Kier molecular flexibility index (Phi) is 3.14. The first-order valence-corrected chi connectivity index (χ1v) is 6.82. The van der Waals surface area contributed by atoms with E-state index in [1.165, 1.54) is 16.8 Å². The number of nitrogens with zero attached hydrogens (tertiary/aromatic N) is 2. The molecule has 1 aliphatic heterocycles. The maximum atomic E-state index is 7.74. The van der Waals surface area contributed by atoms with Crippen molar-refractivity contribution in [3.63, 3.8) is 0 Å². The summed E-state index contributed by atoms with van der Waals surface area (Å²) in [6, 6.07) is 8.33. The summed E-state index contributed by atoms with van der Waals surface area (Å²) in [5.74, 6) is 0.0848. The predicted octanol–water partition coefficient (Wildman–Crippen LogP) is 2.76. The Morgan fingerprint density at radius 3 is 2.95 bits per heavy atom. The molecule has 0 fully saturated rings. The van der Waals surface area contributed by atoms with Crippen LogP contribution >= 0.6 is 0 Å². The fourth-order valence-electron chi connectivity index (χ4n) is 2.81. The molecule has 0 aliphatic carbocycles. The molecule has 1 aromatic heterocycles. The van der Waals surface area contributed by atoms with Gasteiger partial charge in [-0.15, -0.1) is 0 Å². The molecule has 20 heavy (non-hydrogen) atoms. The Morgan fingerprint density at radius 2 is 2.15 bits per heavy atom. The molecule has 3 N–H and O–H groups in total. The van der Waals surface area contributed by atoms with Gasteiger partial charge in [-0.1, -0.05) is 17.7 Å². The van der Waals surface area contributed by atoms with Gasteiger partial charge in [0, 0.05) is 24.0 Å². The zero-order chi connectivity index (χ0) is 14.1. The highest BCUT2D eigenvalue weighted by Crippen LogP contribution is 2.35. The van der Waals surface area contributed by atoms with Gasteiger partial charge in [-0.05, 0) is 37.5 Å². The molecule has 0 spiro atoms. The van der Waals surface area contributed by atoms with Gasteiger partial charge in [0.15, 0.2) is 0 Å². The van der Waals surface area contributed by atoms with E-state index in [1.54, 1.807) is 18.5 Å². The first-order valence-electron chi connectivity index (χ1n) is 6.82. The molecule has 4 nitrogen and oxygen atoms in total. The number of hydrogen-bond acceptors (Lipinski definition) is 3. The zero-order valence-corrected chi connectivity index (χ0v) is 11.6. The molecule has 0 unspecified atom stereocenters. The minimum atomic E-state index is 0.0848. The molecule has 102 valence electrons. The van der Waals surface area contributed by atoms with Crippen LogP contribution in [0.3, 0.4) is 0 Å². The SMILES string of the molecule is Cc1ccc2c(c1)CCCN2c1cnccc1C(=N)N. The van der Waals surface area contributed by atoms with Crippen molar-refractivity contribution in [3.8, 4) is 0 Å². The standard InChI is InChI=1S/C16H18N4/c1-11-4-5-14-12(9-11)3-2-8-20(14)15-10-19-7-6-13(15)16(17)18/h4-7,9-10H,2-3,8H2,1H3,(H3,17,18). The van der Waals surface area contributed by atoms with Gasteiger partial charge in [0.05, 0.1) is 11.9 Å². The van der Waals surface area contributed by atoms with Crippen LogP contribution < -0.4 is 10.6 Å². The second-order valence-electron chi connectivity index (χ2n) is 5.19. The number of nitrogens with one attached hydrogen (secondary N) is 1. The third kappa shape index (κ3) is 2.13. The first kappa shape index (κ1) is 12.7. The Balaban J connectivity index is 2.12. The highest BCUT2D eigenvalue weighted by atomic mass is 15.2. The molecule has 0 saturated carbocycles. The van der Waals surface area contributed by atoms with Crippen molar-refractivity contribution in [1.29, 1.82) is 5.41 Å². The van der Waals surface area contributed by atoms with Crippen LogP contribution in [0.1, 0.15) is 23.1 Å². The van der Waals surface area contributed by atoms with E-state index in [9.17, 15) is 0 Å². The molecule has 1 aliphatic rings. The third-order valence-electron chi connectivity index (χ3n) is 3.73. The lowest BCUT2D eigenvalue weighted by molar-refractivity contribution is 0.764. The second kappa shape index (κ2) is 4.96. The highest BCUT2D eigenvalue weighted by Gasteiger charge is 2.21.